The van der Waals surface area contributed by atoms with Gasteiger partial charge >= 0.3 is 0 Å². The number of carbonyl (C=O) groups is 1. The van der Waals surface area contributed by atoms with Gasteiger partial charge < -0.3 is 14.2 Å². The van der Waals surface area contributed by atoms with Gasteiger partial charge in [0.1, 0.15) is 6.10 Å². The predicted molar refractivity (Wildman–Crippen MR) is 99.2 cm³/mol. The normalized spacial score (nSPS) is 20.1. The van der Waals surface area contributed by atoms with Crippen molar-refractivity contribution in [1.29, 1.82) is 0 Å². The van der Waals surface area contributed by atoms with E-state index in [1.54, 1.807) is 12.5 Å². The molecule has 2 atom stereocenters. The van der Waals surface area contributed by atoms with Crippen LogP contribution in [-0.4, -0.2) is 39.6 Å². The monoisotopic (exact) mass is 347 g/mol. The van der Waals surface area contributed by atoms with Gasteiger partial charge in [-0.2, -0.15) is 0 Å². The van der Waals surface area contributed by atoms with Crippen molar-refractivity contribution in [2.45, 2.75) is 19.1 Å². The Balaban J connectivity index is 1.57. The topological polar surface area (TPSA) is 47.4 Å². The quantitative estimate of drug-likeness (QED) is 0.729. The molecule has 0 spiro atoms. The summed E-state index contributed by atoms with van der Waals surface area (Å²) in [5, 5.41) is 0. The molecule has 132 valence electrons. The van der Waals surface area contributed by atoms with Gasteiger partial charge in [-0.15, -0.1) is 0 Å². The van der Waals surface area contributed by atoms with E-state index in [1.165, 1.54) is 0 Å². The highest BCUT2D eigenvalue weighted by Gasteiger charge is 2.31. The molecule has 2 aromatic carbocycles. The molecule has 0 radical (unpaired) electrons. The van der Waals surface area contributed by atoms with E-state index in [1.807, 2.05) is 77.2 Å². The smallest absolute Gasteiger partial charge is 0.254 e. The Bertz CT molecular complexity index is 877. The van der Waals surface area contributed by atoms with Gasteiger partial charge in [-0.05, 0) is 30.7 Å². The predicted octanol–water partition coefficient (Wildman–Crippen LogP) is 3.47. The average molecular weight is 347 g/mol. The van der Waals surface area contributed by atoms with Gasteiger partial charge in [0.2, 0.25) is 0 Å². The number of hydrogen-bond donors (Lipinski definition) is 0. The molecule has 1 amide bonds. The second kappa shape index (κ2) is 7.14. The van der Waals surface area contributed by atoms with Crippen LogP contribution in [0.15, 0.2) is 73.3 Å². The highest BCUT2D eigenvalue weighted by atomic mass is 16.5. The Hall–Kier alpha value is -2.92. The summed E-state index contributed by atoms with van der Waals surface area (Å²) in [6.45, 7) is 3.12. The first-order valence-corrected chi connectivity index (χ1v) is 8.78. The lowest BCUT2D eigenvalue weighted by Gasteiger charge is -2.38. The van der Waals surface area contributed by atoms with Crippen LogP contribution in [0.1, 0.15) is 28.9 Å². The number of rotatable bonds is 3. The van der Waals surface area contributed by atoms with E-state index in [0.717, 1.165) is 11.3 Å². The van der Waals surface area contributed by atoms with Crippen molar-refractivity contribution in [2.75, 3.05) is 13.2 Å². The van der Waals surface area contributed by atoms with Crippen molar-refractivity contribution in [2.24, 2.45) is 0 Å². The number of hydrogen-bond acceptors (Lipinski definition) is 3. The fraction of sp³-hybridized carbons (Fsp3) is 0.238. The lowest BCUT2D eigenvalue weighted by molar-refractivity contribution is -0.0486. The van der Waals surface area contributed by atoms with Crippen molar-refractivity contribution in [3.8, 4) is 5.69 Å². The van der Waals surface area contributed by atoms with E-state index < -0.39 is 0 Å². The van der Waals surface area contributed by atoms with E-state index in [4.69, 9.17) is 4.74 Å². The van der Waals surface area contributed by atoms with Crippen LogP contribution in [0.2, 0.25) is 0 Å². The van der Waals surface area contributed by atoms with Crippen LogP contribution in [0.3, 0.4) is 0 Å². The Morgan fingerprint density at radius 2 is 2.00 bits per heavy atom. The molecule has 1 aliphatic rings. The number of nitrogens with zero attached hydrogens (tertiary/aromatic N) is 3. The number of ether oxygens (including phenoxy) is 1. The summed E-state index contributed by atoms with van der Waals surface area (Å²) in [6, 6.07) is 17.8. The molecule has 2 heterocycles. The summed E-state index contributed by atoms with van der Waals surface area (Å²) in [5.41, 5.74) is 2.70. The van der Waals surface area contributed by atoms with Gasteiger partial charge in [0.05, 0.1) is 25.5 Å². The van der Waals surface area contributed by atoms with E-state index >= 15 is 0 Å². The first-order valence-electron chi connectivity index (χ1n) is 8.78. The second-order valence-electron chi connectivity index (χ2n) is 6.56. The number of morpholine rings is 1. The van der Waals surface area contributed by atoms with Gasteiger partial charge in [0.25, 0.3) is 5.91 Å². The molecule has 0 aliphatic carbocycles. The fourth-order valence-corrected chi connectivity index (χ4v) is 3.29. The van der Waals surface area contributed by atoms with Crippen LogP contribution in [0.4, 0.5) is 0 Å². The summed E-state index contributed by atoms with van der Waals surface area (Å²) in [5.74, 6) is 0.0312. The van der Waals surface area contributed by atoms with Crippen LogP contribution in [-0.2, 0) is 4.74 Å². The van der Waals surface area contributed by atoms with Gasteiger partial charge in [0, 0.05) is 23.6 Å². The third-order valence-corrected chi connectivity index (χ3v) is 4.76. The van der Waals surface area contributed by atoms with Crippen LogP contribution in [0.5, 0.6) is 0 Å². The van der Waals surface area contributed by atoms with Gasteiger partial charge in [-0.25, -0.2) is 4.98 Å². The summed E-state index contributed by atoms with van der Waals surface area (Å²) in [6.07, 6.45) is 5.23. The molecule has 5 heteroatoms. The number of carbonyl (C=O) groups excluding carboxylic acids is 1. The molecular formula is C21H21N3O2. The second-order valence-corrected chi connectivity index (χ2v) is 6.56. The molecule has 4 rings (SSSR count). The molecule has 1 saturated heterocycles. The molecule has 5 nitrogen and oxygen atoms in total. The van der Waals surface area contributed by atoms with E-state index in [-0.39, 0.29) is 18.1 Å². The fourth-order valence-electron chi connectivity index (χ4n) is 3.29. The van der Waals surface area contributed by atoms with Gasteiger partial charge in [-0.1, -0.05) is 36.4 Å². The van der Waals surface area contributed by atoms with Crippen molar-refractivity contribution in [1.82, 2.24) is 14.5 Å². The van der Waals surface area contributed by atoms with Crippen molar-refractivity contribution in [3.05, 3.63) is 84.4 Å². The minimum atomic E-state index is -0.0896. The highest BCUT2D eigenvalue weighted by Crippen LogP contribution is 2.26. The lowest BCUT2D eigenvalue weighted by Crippen LogP contribution is -2.48. The molecule has 0 N–H and O–H groups in total. The summed E-state index contributed by atoms with van der Waals surface area (Å²) >= 11 is 0. The first-order chi connectivity index (χ1) is 12.7. The van der Waals surface area contributed by atoms with E-state index in [0.29, 0.717) is 18.7 Å². The Morgan fingerprint density at radius 3 is 2.77 bits per heavy atom. The maximum atomic E-state index is 13.2. The molecule has 26 heavy (non-hydrogen) atoms. The summed E-state index contributed by atoms with van der Waals surface area (Å²) in [4.78, 5) is 19.1. The van der Waals surface area contributed by atoms with Crippen molar-refractivity contribution < 1.29 is 9.53 Å². The zero-order valence-corrected chi connectivity index (χ0v) is 14.7. The molecule has 0 bridgehead atoms. The Labute approximate surface area is 152 Å². The van der Waals surface area contributed by atoms with Crippen molar-refractivity contribution in [3.63, 3.8) is 0 Å². The van der Waals surface area contributed by atoms with Gasteiger partial charge in [-0.3, -0.25) is 4.79 Å². The number of amides is 1. The van der Waals surface area contributed by atoms with Crippen molar-refractivity contribution >= 4 is 5.91 Å². The largest absolute Gasteiger partial charge is 0.370 e. The average Bonchev–Trinajstić information content (AvgIpc) is 3.23. The molecule has 1 aromatic heterocycles. The zero-order chi connectivity index (χ0) is 17.9. The Kier molecular flexibility index (Phi) is 4.54. The maximum absolute atomic E-state index is 13.2. The Morgan fingerprint density at radius 1 is 1.15 bits per heavy atom. The van der Waals surface area contributed by atoms with Crippen LogP contribution >= 0.6 is 0 Å². The highest BCUT2D eigenvalue weighted by molar-refractivity contribution is 5.95. The molecule has 0 unspecified atom stereocenters. The zero-order valence-electron chi connectivity index (χ0n) is 14.7. The van der Waals surface area contributed by atoms with Crippen LogP contribution in [0.25, 0.3) is 5.69 Å². The third kappa shape index (κ3) is 3.26. The van der Waals surface area contributed by atoms with Gasteiger partial charge in [0.15, 0.2) is 0 Å². The van der Waals surface area contributed by atoms with Crippen LogP contribution < -0.4 is 0 Å². The molecule has 1 aliphatic heterocycles. The lowest BCUT2D eigenvalue weighted by atomic mass is 10.0. The minimum Gasteiger partial charge on any atom is -0.370 e. The van der Waals surface area contributed by atoms with E-state index in [2.05, 4.69) is 4.98 Å². The number of benzene rings is 2. The summed E-state index contributed by atoms with van der Waals surface area (Å²) < 4.78 is 7.86. The summed E-state index contributed by atoms with van der Waals surface area (Å²) in [7, 11) is 0. The molecule has 0 saturated carbocycles. The van der Waals surface area contributed by atoms with E-state index in [9.17, 15) is 4.79 Å². The number of aromatic nitrogens is 2. The minimum absolute atomic E-state index is 0.0312. The third-order valence-electron chi connectivity index (χ3n) is 4.76. The first kappa shape index (κ1) is 16.5. The number of imidazole rings is 1. The SMILES string of the molecule is C[C@@H]1CO[C@H](c2ccccc2)CN1C(=O)c1cccc(-n2ccnc2)c1. The maximum Gasteiger partial charge on any atom is 0.254 e. The molecule has 3 aromatic rings. The standard InChI is InChI=1S/C21H21N3O2/c1-16-14-26-20(17-6-3-2-4-7-17)13-24(16)21(25)18-8-5-9-19(12-18)23-11-10-22-15-23/h2-12,15-16,20H,13-14H2,1H3/t16-,20+/m1/s1. The molecule has 1 fully saturated rings. The van der Waals surface area contributed by atoms with Crippen LogP contribution in [0, 0.1) is 0 Å². The molecular weight excluding hydrogens is 326 g/mol.